The SMILES string of the molecule is COc1c(CC=C(C)C)c(O)cc2c1C(=O)C1=C[C@@H]3C[C@H]4C(C)(C)OC(CC=C(C)C)(C3=O)[C@@]14O2. The molecule has 3 aliphatic carbocycles. The lowest BCUT2D eigenvalue weighted by Crippen LogP contribution is -2.72. The van der Waals surface area contributed by atoms with Gasteiger partial charge in [-0.05, 0) is 54.4 Å². The first-order chi connectivity index (χ1) is 16.4. The van der Waals surface area contributed by atoms with Gasteiger partial charge in [-0.25, -0.2) is 0 Å². The van der Waals surface area contributed by atoms with Crippen molar-refractivity contribution in [3.63, 3.8) is 0 Å². The summed E-state index contributed by atoms with van der Waals surface area (Å²) in [5.74, 6) is -0.290. The molecule has 6 rings (SSSR count). The molecule has 186 valence electrons. The van der Waals surface area contributed by atoms with Crippen LogP contribution in [0.25, 0.3) is 0 Å². The predicted molar refractivity (Wildman–Crippen MR) is 132 cm³/mol. The normalized spacial score (nSPS) is 31.2. The molecule has 1 aromatic carbocycles. The number of hydrogen-bond acceptors (Lipinski definition) is 6. The third-order valence-corrected chi connectivity index (χ3v) is 8.14. The number of ketones is 2. The zero-order valence-electron chi connectivity index (χ0n) is 21.6. The average Bonchev–Trinajstić information content (AvgIpc) is 2.93. The Kier molecular flexibility index (Phi) is 5.16. The molecule has 1 unspecified atom stereocenters. The monoisotopic (exact) mass is 478 g/mol. The van der Waals surface area contributed by atoms with Gasteiger partial charge in [0.1, 0.15) is 22.8 Å². The van der Waals surface area contributed by atoms with Gasteiger partial charge in [0.15, 0.2) is 22.8 Å². The Balaban J connectivity index is 1.77. The van der Waals surface area contributed by atoms with Crippen LogP contribution < -0.4 is 9.47 Å². The van der Waals surface area contributed by atoms with E-state index >= 15 is 0 Å². The van der Waals surface area contributed by atoms with Gasteiger partial charge in [-0.3, -0.25) is 9.59 Å². The standard InChI is InChI=1S/C29H34O6/c1-15(2)8-9-18-20(30)14-21-23(25(18)33-7)24(31)19-12-17-13-22-27(5,6)35-28(26(17)32,11-10-16(3)4)29(19,22)34-21/h8,10,12,14,17,22,30H,9,11,13H2,1-7H3/t17-,22+,28?,29-/m1/s1. The lowest BCUT2D eigenvalue weighted by molar-refractivity contribution is -0.171. The van der Waals surface area contributed by atoms with Crippen molar-refractivity contribution in [2.24, 2.45) is 11.8 Å². The first-order valence-electron chi connectivity index (χ1n) is 12.3. The number of phenols is 1. The van der Waals surface area contributed by atoms with E-state index in [2.05, 4.69) is 0 Å². The van der Waals surface area contributed by atoms with Gasteiger partial charge < -0.3 is 19.3 Å². The average molecular weight is 479 g/mol. The molecule has 6 nitrogen and oxygen atoms in total. The Labute approximate surface area is 206 Å². The number of hydrogen-bond donors (Lipinski definition) is 1. The minimum Gasteiger partial charge on any atom is -0.507 e. The van der Waals surface area contributed by atoms with Gasteiger partial charge in [0.25, 0.3) is 0 Å². The molecule has 5 aliphatic rings. The van der Waals surface area contributed by atoms with Crippen LogP contribution in [0.3, 0.4) is 0 Å². The number of benzene rings is 1. The van der Waals surface area contributed by atoms with E-state index in [1.165, 1.54) is 13.2 Å². The van der Waals surface area contributed by atoms with Crippen molar-refractivity contribution in [1.82, 2.24) is 0 Å². The van der Waals surface area contributed by atoms with Crippen molar-refractivity contribution >= 4 is 11.6 Å². The molecule has 35 heavy (non-hydrogen) atoms. The Morgan fingerprint density at radius 1 is 1.17 bits per heavy atom. The van der Waals surface area contributed by atoms with E-state index in [1.54, 1.807) is 6.08 Å². The smallest absolute Gasteiger partial charge is 0.200 e. The van der Waals surface area contributed by atoms with Gasteiger partial charge in [-0.1, -0.05) is 29.4 Å². The molecule has 0 radical (unpaired) electrons. The summed E-state index contributed by atoms with van der Waals surface area (Å²) in [6, 6.07) is 1.50. The van der Waals surface area contributed by atoms with E-state index in [4.69, 9.17) is 14.2 Å². The van der Waals surface area contributed by atoms with E-state index in [1.807, 2.05) is 53.7 Å². The topological polar surface area (TPSA) is 82.1 Å². The highest BCUT2D eigenvalue weighted by Crippen LogP contribution is 2.68. The molecular weight excluding hydrogens is 444 g/mol. The maximum atomic E-state index is 14.2. The van der Waals surface area contributed by atoms with Gasteiger partial charge >= 0.3 is 0 Å². The molecule has 1 spiro atoms. The molecule has 0 aromatic heterocycles. The summed E-state index contributed by atoms with van der Waals surface area (Å²) in [5.41, 5.74) is 0.244. The van der Waals surface area contributed by atoms with Crippen LogP contribution in [0.15, 0.2) is 41.0 Å². The number of allylic oxidation sites excluding steroid dienone is 4. The Bertz CT molecular complexity index is 1240. The number of Topliss-reactive ketones (excluding diaryl/α,β-unsaturated/α-hetero) is 2. The molecule has 1 saturated heterocycles. The minimum absolute atomic E-state index is 0.00331. The van der Waals surface area contributed by atoms with Gasteiger partial charge in [0.05, 0.1) is 12.7 Å². The summed E-state index contributed by atoms with van der Waals surface area (Å²) in [4.78, 5) is 28.1. The number of phenolic OH excluding ortho intramolecular Hbond substituents is 1. The van der Waals surface area contributed by atoms with E-state index in [0.717, 1.165) is 11.1 Å². The third kappa shape index (κ3) is 2.98. The van der Waals surface area contributed by atoms with E-state index in [-0.39, 0.29) is 29.0 Å². The van der Waals surface area contributed by atoms with Crippen LogP contribution >= 0.6 is 0 Å². The summed E-state index contributed by atoms with van der Waals surface area (Å²) in [5, 5.41) is 11.0. The first kappa shape index (κ1) is 23.9. The van der Waals surface area contributed by atoms with Crippen molar-refractivity contribution in [1.29, 1.82) is 0 Å². The molecule has 4 atom stereocenters. The molecule has 0 amide bonds. The molecule has 2 aliphatic heterocycles. The number of rotatable bonds is 5. The van der Waals surface area contributed by atoms with Crippen LogP contribution in [0.2, 0.25) is 0 Å². The van der Waals surface area contributed by atoms with Gasteiger partial charge in [-0.2, -0.15) is 0 Å². The second-order valence-electron chi connectivity index (χ2n) is 11.3. The lowest BCUT2D eigenvalue weighted by Gasteiger charge is -2.56. The molecule has 1 saturated carbocycles. The third-order valence-electron chi connectivity index (χ3n) is 8.14. The van der Waals surface area contributed by atoms with Gasteiger partial charge in [0, 0.05) is 35.5 Å². The largest absolute Gasteiger partial charge is 0.507 e. The zero-order valence-corrected chi connectivity index (χ0v) is 21.6. The molecule has 1 N–H and O–H groups in total. The van der Waals surface area contributed by atoms with Crippen molar-refractivity contribution in [3.05, 3.63) is 52.1 Å². The number of carbonyl (C=O) groups excluding carboxylic acids is 2. The van der Waals surface area contributed by atoms with Gasteiger partial charge in [-0.15, -0.1) is 0 Å². The van der Waals surface area contributed by atoms with E-state index < -0.39 is 22.7 Å². The van der Waals surface area contributed by atoms with E-state index in [9.17, 15) is 14.7 Å². The number of aromatic hydroxyl groups is 1. The molecule has 2 fully saturated rings. The van der Waals surface area contributed by atoms with Crippen LogP contribution in [0.4, 0.5) is 0 Å². The Morgan fingerprint density at radius 3 is 2.49 bits per heavy atom. The fourth-order valence-electron chi connectivity index (χ4n) is 6.67. The van der Waals surface area contributed by atoms with Crippen LogP contribution in [0.5, 0.6) is 17.2 Å². The summed E-state index contributed by atoms with van der Waals surface area (Å²) in [6.07, 6.45) is 7.09. The Morgan fingerprint density at radius 2 is 1.86 bits per heavy atom. The molecule has 6 heteroatoms. The van der Waals surface area contributed by atoms with Crippen LogP contribution in [-0.2, 0) is 16.0 Å². The van der Waals surface area contributed by atoms with Gasteiger partial charge in [0.2, 0.25) is 0 Å². The minimum atomic E-state index is -1.30. The highest BCUT2D eigenvalue weighted by atomic mass is 16.6. The summed E-state index contributed by atoms with van der Waals surface area (Å²) < 4.78 is 19.1. The maximum absolute atomic E-state index is 14.2. The van der Waals surface area contributed by atoms with Crippen molar-refractivity contribution in [3.8, 4) is 17.2 Å². The second kappa shape index (κ2) is 7.57. The zero-order chi connectivity index (χ0) is 25.5. The molecule has 4 bridgehead atoms. The summed E-state index contributed by atoms with van der Waals surface area (Å²) >= 11 is 0. The highest BCUT2D eigenvalue weighted by molar-refractivity contribution is 6.18. The molecular formula is C29H34O6. The van der Waals surface area contributed by atoms with Crippen LogP contribution in [0, 0.1) is 11.8 Å². The Hall–Kier alpha value is -2.86. The quantitative estimate of drug-likeness (QED) is 0.581. The van der Waals surface area contributed by atoms with Crippen molar-refractivity contribution in [2.45, 2.75) is 77.6 Å². The summed E-state index contributed by atoms with van der Waals surface area (Å²) in [7, 11) is 1.50. The highest BCUT2D eigenvalue weighted by Gasteiger charge is 2.81. The van der Waals surface area contributed by atoms with Crippen LogP contribution in [0.1, 0.15) is 70.3 Å². The maximum Gasteiger partial charge on any atom is 0.200 e. The fraction of sp³-hybridized carbons (Fsp3) is 0.517. The number of fused-ring (bicyclic) bond motifs is 1. The number of ether oxygens (including phenoxy) is 3. The number of carbonyl (C=O) groups is 2. The first-order valence-corrected chi connectivity index (χ1v) is 12.3. The molecule has 1 aromatic rings. The van der Waals surface area contributed by atoms with Crippen LogP contribution in [-0.4, -0.2) is 40.6 Å². The molecule has 2 heterocycles. The van der Waals surface area contributed by atoms with Crippen molar-refractivity contribution in [2.75, 3.05) is 7.11 Å². The number of methoxy groups -OCH3 is 1. The van der Waals surface area contributed by atoms with Crippen molar-refractivity contribution < 1.29 is 28.9 Å². The second-order valence-corrected chi connectivity index (χ2v) is 11.3. The summed E-state index contributed by atoms with van der Waals surface area (Å²) in [6.45, 7) is 11.9. The van der Waals surface area contributed by atoms with E-state index in [0.29, 0.717) is 41.7 Å². The fourth-order valence-corrected chi connectivity index (χ4v) is 6.67. The lowest BCUT2D eigenvalue weighted by atomic mass is 9.51. The predicted octanol–water partition coefficient (Wildman–Crippen LogP) is 5.27.